The number of nitrogens with zero attached hydrogens (tertiary/aromatic N) is 1. The number of nitrogens with one attached hydrogen (secondary N) is 1. The number of benzene rings is 4. The van der Waals surface area contributed by atoms with E-state index in [2.05, 4.69) is 10.5 Å². The van der Waals surface area contributed by atoms with Crippen LogP contribution in [0.4, 0.5) is 0 Å². The quantitative estimate of drug-likeness (QED) is 0.168. The van der Waals surface area contributed by atoms with Gasteiger partial charge in [0.25, 0.3) is 5.91 Å². The molecule has 0 aliphatic rings. The molecule has 0 aliphatic heterocycles. The van der Waals surface area contributed by atoms with Gasteiger partial charge in [0, 0.05) is 21.2 Å². The van der Waals surface area contributed by atoms with Crippen LogP contribution in [0.15, 0.2) is 113 Å². The lowest BCUT2D eigenvalue weighted by molar-refractivity contribution is 0.0955. The van der Waals surface area contributed by atoms with Crippen LogP contribution < -0.4 is 10.2 Å². The Morgan fingerprint density at radius 3 is 2.21 bits per heavy atom. The van der Waals surface area contributed by atoms with E-state index in [0.717, 1.165) is 38.3 Å². The van der Waals surface area contributed by atoms with Crippen molar-refractivity contribution in [3.63, 3.8) is 0 Å². The standard InChI is InChI=1S/C27H21ClN2O2S/c28-23-12-16-26(17-13-23)33-19-21-6-10-22(11-7-21)27(31)30-29-18-20-8-14-25(15-9-20)32-24-4-2-1-3-5-24/h1-18H,19H2,(H,30,31)/b29-18-. The van der Waals surface area contributed by atoms with Crippen LogP contribution in [-0.4, -0.2) is 12.1 Å². The van der Waals surface area contributed by atoms with Crippen LogP contribution in [0, 0.1) is 0 Å². The zero-order chi connectivity index (χ0) is 22.9. The fourth-order valence-corrected chi connectivity index (χ4v) is 3.91. The van der Waals surface area contributed by atoms with Gasteiger partial charge in [0.2, 0.25) is 0 Å². The second kappa shape index (κ2) is 11.4. The summed E-state index contributed by atoms with van der Waals surface area (Å²) in [5.41, 5.74) is 5.11. The molecule has 0 saturated carbocycles. The van der Waals surface area contributed by atoms with Crippen LogP contribution in [0.25, 0.3) is 0 Å². The number of halogens is 1. The summed E-state index contributed by atoms with van der Waals surface area (Å²) in [6.07, 6.45) is 1.60. The fourth-order valence-electron chi connectivity index (χ4n) is 2.93. The highest BCUT2D eigenvalue weighted by molar-refractivity contribution is 7.98. The van der Waals surface area contributed by atoms with E-state index in [0.29, 0.717) is 5.56 Å². The Labute approximate surface area is 202 Å². The molecule has 0 aliphatic carbocycles. The molecule has 0 fully saturated rings. The highest BCUT2D eigenvalue weighted by Gasteiger charge is 2.05. The average molecular weight is 473 g/mol. The molecule has 0 aromatic heterocycles. The van der Waals surface area contributed by atoms with Gasteiger partial charge < -0.3 is 4.74 Å². The number of amides is 1. The summed E-state index contributed by atoms with van der Waals surface area (Å²) in [5.74, 6) is 2.07. The molecule has 4 nitrogen and oxygen atoms in total. The van der Waals surface area contributed by atoms with Gasteiger partial charge in [0.1, 0.15) is 11.5 Å². The normalized spacial score (nSPS) is 10.8. The van der Waals surface area contributed by atoms with Gasteiger partial charge in [-0.3, -0.25) is 4.79 Å². The molecule has 0 unspecified atom stereocenters. The van der Waals surface area contributed by atoms with Crippen molar-refractivity contribution in [2.24, 2.45) is 5.10 Å². The van der Waals surface area contributed by atoms with Gasteiger partial charge in [-0.1, -0.05) is 41.9 Å². The molecule has 1 amide bonds. The van der Waals surface area contributed by atoms with Crippen LogP contribution in [-0.2, 0) is 5.75 Å². The van der Waals surface area contributed by atoms with Crippen molar-refractivity contribution in [1.82, 2.24) is 5.43 Å². The maximum atomic E-state index is 12.4. The average Bonchev–Trinajstić information content (AvgIpc) is 2.86. The third-order valence-corrected chi connectivity index (χ3v) is 6.01. The molecule has 0 atom stereocenters. The summed E-state index contributed by atoms with van der Waals surface area (Å²) in [5, 5.41) is 4.79. The molecule has 0 heterocycles. The number of carbonyl (C=O) groups is 1. The minimum absolute atomic E-state index is 0.257. The molecule has 0 bridgehead atoms. The molecule has 0 radical (unpaired) electrons. The summed E-state index contributed by atoms with van der Waals surface area (Å²) in [4.78, 5) is 13.5. The zero-order valence-electron chi connectivity index (χ0n) is 17.6. The van der Waals surface area contributed by atoms with Crippen molar-refractivity contribution in [2.45, 2.75) is 10.6 Å². The molecule has 0 saturated heterocycles. The number of para-hydroxylation sites is 1. The van der Waals surface area contributed by atoms with Crippen LogP contribution in [0.2, 0.25) is 5.02 Å². The maximum Gasteiger partial charge on any atom is 0.271 e. The van der Waals surface area contributed by atoms with Crippen LogP contribution in [0.5, 0.6) is 11.5 Å². The van der Waals surface area contributed by atoms with E-state index in [1.807, 2.05) is 91.0 Å². The third kappa shape index (κ3) is 6.97. The number of ether oxygens (including phenoxy) is 1. The molecule has 33 heavy (non-hydrogen) atoms. The summed E-state index contributed by atoms with van der Waals surface area (Å²) in [6.45, 7) is 0. The Bertz CT molecular complexity index is 1210. The first-order chi connectivity index (χ1) is 16.2. The van der Waals surface area contributed by atoms with Crippen molar-refractivity contribution in [2.75, 3.05) is 0 Å². The molecule has 0 spiro atoms. The number of hydrazone groups is 1. The van der Waals surface area contributed by atoms with Gasteiger partial charge in [-0.15, -0.1) is 11.8 Å². The predicted octanol–water partition coefficient (Wildman–Crippen LogP) is 7.19. The van der Waals surface area contributed by atoms with Gasteiger partial charge in [-0.05, 0) is 83.9 Å². The Balaban J connectivity index is 1.26. The van der Waals surface area contributed by atoms with Crippen molar-refractivity contribution < 1.29 is 9.53 Å². The molecule has 6 heteroatoms. The Morgan fingerprint density at radius 2 is 1.52 bits per heavy atom. The second-order valence-corrected chi connectivity index (χ2v) is 8.61. The van der Waals surface area contributed by atoms with Crippen LogP contribution in [0.1, 0.15) is 21.5 Å². The minimum Gasteiger partial charge on any atom is -0.457 e. The largest absolute Gasteiger partial charge is 0.457 e. The lowest BCUT2D eigenvalue weighted by Gasteiger charge is -2.05. The van der Waals surface area contributed by atoms with E-state index in [1.165, 1.54) is 0 Å². The monoisotopic (exact) mass is 472 g/mol. The Hall–Kier alpha value is -3.54. The molecular weight excluding hydrogens is 452 g/mol. The highest BCUT2D eigenvalue weighted by atomic mass is 35.5. The Morgan fingerprint density at radius 1 is 0.848 bits per heavy atom. The van der Waals surface area contributed by atoms with Crippen LogP contribution in [0.3, 0.4) is 0 Å². The highest BCUT2D eigenvalue weighted by Crippen LogP contribution is 2.24. The van der Waals surface area contributed by atoms with Crippen molar-refractivity contribution in [3.8, 4) is 11.5 Å². The maximum absolute atomic E-state index is 12.4. The second-order valence-electron chi connectivity index (χ2n) is 7.12. The van der Waals surface area contributed by atoms with Crippen LogP contribution >= 0.6 is 23.4 Å². The topological polar surface area (TPSA) is 50.7 Å². The smallest absolute Gasteiger partial charge is 0.271 e. The summed E-state index contributed by atoms with van der Waals surface area (Å²) >= 11 is 7.64. The van der Waals surface area contributed by atoms with E-state index < -0.39 is 0 Å². The number of rotatable bonds is 8. The Kier molecular flexibility index (Phi) is 7.80. The number of carbonyl (C=O) groups excluding carboxylic acids is 1. The number of hydrogen-bond donors (Lipinski definition) is 1. The molecular formula is C27H21ClN2O2S. The van der Waals surface area contributed by atoms with E-state index in [4.69, 9.17) is 16.3 Å². The SMILES string of the molecule is O=C(N/N=C\c1ccc(Oc2ccccc2)cc1)c1ccc(CSc2ccc(Cl)cc2)cc1. The molecule has 4 aromatic rings. The van der Waals surface area contributed by atoms with E-state index in [1.54, 1.807) is 30.1 Å². The summed E-state index contributed by atoms with van der Waals surface area (Å²) in [6, 6.07) is 32.3. The van der Waals surface area contributed by atoms with Gasteiger partial charge in [0.15, 0.2) is 0 Å². The molecule has 1 N–H and O–H groups in total. The van der Waals surface area contributed by atoms with Gasteiger partial charge in [0.05, 0.1) is 6.21 Å². The van der Waals surface area contributed by atoms with Crippen molar-refractivity contribution >= 4 is 35.5 Å². The lowest BCUT2D eigenvalue weighted by Crippen LogP contribution is -2.17. The van der Waals surface area contributed by atoms with E-state index in [9.17, 15) is 4.79 Å². The summed E-state index contributed by atoms with van der Waals surface area (Å²) in [7, 11) is 0. The van der Waals surface area contributed by atoms with E-state index in [-0.39, 0.29) is 5.91 Å². The number of thioether (sulfide) groups is 1. The van der Waals surface area contributed by atoms with Crippen molar-refractivity contribution in [1.29, 1.82) is 0 Å². The molecule has 4 rings (SSSR count). The van der Waals surface area contributed by atoms with Gasteiger partial charge in [-0.25, -0.2) is 5.43 Å². The molecule has 4 aromatic carbocycles. The van der Waals surface area contributed by atoms with Gasteiger partial charge in [-0.2, -0.15) is 5.10 Å². The van der Waals surface area contributed by atoms with Gasteiger partial charge >= 0.3 is 0 Å². The minimum atomic E-state index is -0.257. The first-order valence-electron chi connectivity index (χ1n) is 10.3. The summed E-state index contributed by atoms with van der Waals surface area (Å²) < 4.78 is 5.77. The predicted molar refractivity (Wildman–Crippen MR) is 135 cm³/mol. The fraction of sp³-hybridized carbons (Fsp3) is 0.0370. The first kappa shape index (κ1) is 22.6. The molecule has 164 valence electrons. The van der Waals surface area contributed by atoms with Crippen molar-refractivity contribution in [3.05, 3.63) is 125 Å². The van der Waals surface area contributed by atoms with E-state index >= 15 is 0 Å². The number of hydrogen-bond acceptors (Lipinski definition) is 4. The first-order valence-corrected chi connectivity index (χ1v) is 11.7. The zero-order valence-corrected chi connectivity index (χ0v) is 19.2. The lowest BCUT2D eigenvalue weighted by atomic mass is 10.1. The third-order valence-electron chi connectivity index (χ3n) is 4.67.